The second kappa shape index (κ2) is 8.60. The molecule has 0 saturated carbocycles. The first-order chi connectivity index (χ1) is 11.9. The van der Waals surface area contributed by atoms with Gasteiger partial charge in [-0.1, -0.05) is 13.8 Å². The van der Waals surface area contributed by atoms with Gasteiger partial charge in [-0.15, -0.1) is 0 Å². The van der Waals surface area contributed by atoms with Gasteiger partial charge in [-0.25, -0.2) is 18.4 Å². The number of nitrogens with zero attached hydrogens (tertiary/aromatic N) is 4. The molecule has 0 aromatic carbocycles. The molecular formula is C17H28N4O3S. The molecule has 0 spiro atoms. The lowest BCUT2D eigenvalue weighted by molar-refractivity contribution is 0.0702. The highest BCUT2D eigenvalue weighted by Gasteiger charge is 2.34. The van der Waals surface area contributed by atoms with Gasteiger partial charge in [0.25, 0.3) is 5.91 Å². The van der Waals surface area contributed by atoms with E-state index in [-0.39, 0.29) is 23.5 Å². The summed E-state index contributed by atoms with van der Waals surface area (Å²) in [6, 6.07) is 1.34. The van der Waals surface area contributed by atoms with Crippen molar-refractivity contribution in [1.29, 1.82) is 0 Å². The Balaban J connectivity index is 2.21. The number of anilines is 1. The molecular weight excluding hydrogens is 340 g/mol. The molecule has 0 radical (unpaired) electrons. The molecule has 8 heteroatoms. The van der Waals surface area contributed by atoms with Crippen LogP contribution in [0.2, 0.25) is 0 Å². The molecule has 2 rings (SSSR count). The van der Waals surface area contributed by atoms with Crippen LogP contribution < -0.4 is 4.90 Å². The van der Waals surface area contributed by atoms with Gasteiger partial charge in [0.15, 0.2) is 9.84 Å². The smallest absolute Gasteiger partial charge is 0.272 e. The molecule has 7 nitrogen and oxygen atoms in total. The molecule has 2 heterocycles. The number of aromatic nitrogens is 2. The summed E-state index contributed by atoms with van der Waals surface area (Å²) in [5, 5.41) is 0. The van der Waals surface area contributed by atoms with E-state index >= 15 is 0 Å². The van der Waals surface area contributed by atoms with E-state index in [4.69, 9.17) is 0 Å². The lowest BCUT2D eigenvalue weighted by atomic mass is 10.2. The number of hydrogen-bond acceptors (Lipinski definition) is 6. The fraction of sp³-hybridized carbons (Fsp3) is 0.706. The first kappa shape index (κ1) is 19.6. The third-order valence-electron chi connectivity index (χ3n) is 4.38. The number of carbonyl (C=O) groups is 1. The van der Waals surface area contributed by atoms with E-state index in [9.17, 15) is 13.2 Å². The summed E-state index contributed by atoms with van der Waals surface area (Å²) in [6.45, 7) is 8.19. The predicted octanol–water partition coefficient (Wildman–Crippen LogP) is 1.75. The minimum atomic E-state index is -3.04. The topological polar surface area (TPSA) is 83.5 Å². The zero-order valence-electron chi connectivity index (χ0n) is 15.3. The summed E-state index contributed by atoms with van der Waals surface area (Å²) < 4.78 is 23.5. The zero-order chi connectivity index (χ0) is 18.4. The molecule has 1 amide bonds. The van der Waals surface area contributed by atoms with Crippen LogP contribution in [-0.4, -0.2) is 66.4 Å². The van der Waals surface area contributed by atoms with Gasteiger partial charge < -0.3 is 9.80 Å². The van der Waals surface area contributed by atoms with Gasteiger partial charge in [0, 0.05) is 31.9 Å². The van der Waals surface area contributed by atoms with Crippen LogP contribution >= 0.6 is 0 Å². The largest absolute Gasteiger partial charge is 0.341 e. The second-order valence-electron chi connectivity index (χ2n) is 6.38. The van der Waals surface area contributed by atoms with Crippen LogP contribution in [0.25, 0.3) is 0 Å². The monoisotopic (exact) mass is 368 g/mol. The maximum atomic E-state index is 12.9. The van der Waals surface area contributed by atoms with Crippen molar-refractivity contribution < 1.29 is 13.2 Å². The van der Waals surface area contributed by atoms with E-state index in [0.717, 1.165) is 25.9 Å². The molecule has 140 valence electrons. The quantitative estimate of drug-likeness (QED) is 0.695. The van der Waals surface area contributed by atoms with E-state index in [1.807, 2.05) is 6.92 Å². The number of hydrogen-bond donors (Lipinski definition) is 0. The van der Waals surface area contributed by atoms with Crippen molar-refractivity contribution in [3.05, 3.63) is 18.0 Å². The summed E-state index contributed by atoms with van der Waals surface area (Å²) >= 11 is 0. The molecule has 0 N–H and O–H groups in total. The van der Waals surface area contributed by atoms with Crippen LogP contribution in [0.15, 0.2) is 12.3 Å². The van der Waals surface area contributed by atoms with Crippen LogP contribution in [0.4, 0.5) is 5.95 Å². The highest BCUT2D eigenvalue weighted by atomic mass is 32.2. The summed E-state index contributed by atoms with van der Waals surface area (Å²) in [7, 11) is -3.04. The van der Waals surface area contributed by atoms with Crippen molar-refractivity contribution in [3.63, 3.8) is 0 Å². The molecule has 1 aliphatic rings. The molecule has 25 heavy (non-hydrogen) atoms. The maximum Gasteiger partial charge on any atom is 0.272 e. The van der Waals surface area contributed by atoms with Crippen molar-refractivity contribution in [1.82, 2.24) is 14.9 Å². The number of amides is 1. The molecule has 1 unspecified atom stereocenters. The molecule has 1 aromatic heterocycles. The van der Waals surface area contributed by atoms with Crippen LogP contribution in [0.1, 0.15) is 50.5 Å². The van der Waals surface area contributed by atoms with Gasteiger partial charge in [-0.05, 0) is 32.3 Å². The van der Waals surface area contributed by atoms with Crippen molar-refractivity contribution in [2.24, 2.45) is 0 Å². The van der Waals surface area contributed by atoms with Gasteiger partial charge in [0.05, 0.1) is 11.5 Å². The highest BCUT2D eigenvalue weighted by molar-refractivity contribution is 7.91. The van der Waals surface area contributed by atoms with Crippen LogP contribution in [0, 0.1) is 0 Å². The van der Waals surface area contributed by atoms with Crippen LogP contribution in [0.5, 0.6) is 0 Å². The minimum absolute atomic E-state index is 0.0440. The number of carbonyl (C=O) groups excluding carboxylic acids is 1. The highest BCUT2D eigenvalue weighted by Crippen LogP contribution is 2.20. The van der Waals surface area contributed by atoms with Gasteiger partial charge >= 0.3 is 0 Å². The second-order valence-corrected chi connectivity index (χ2v) is 8.61. The molecule has 1 saturated heterocycles. The van der Waals surface area contributed by atoms with E-state index in [0.29, 0.717) is 24.6 Å². The first-order valence-electron chi connectivity index (χ1n) is 9.01. The zero-order valence-corrected chi connectivity index (χ0v) is 16.1. The molecule has 1 fully saturated rings. The molecule has 1 atom stereocenters. The third kappa shape index (κ3) is 4.90. The predicted molar refractivity (Wildman–Crippen MR) is 98.6 cm³/mol. The Hall–Kier alpha value is -1.70. The van der Waals surface area contributed by atoms with E-state index in [1.54, 1.807) is 17.2 Å². The lowest BCUT2D eigenvalue weighted by Gasteiger charge is -2.27. The van der Waals surface area contributed by atoms with E-state index in [2.05, 4.69) is 28.7 Å². The van der Waals surface area contributed by atoms with Gasteiger partial charge in [0.1, 0.15) is 5.69 Å². The summed E-state index contributed by atoms with van der Waals surface area (Å²) in [5.41, 5.74) is 0.327. The van der Waals surface area contributed by atoms with Crippen LogP contribution in [-0.2, 0) is 9.84 Å². The van der Waals surface area contributed by atoms with E-state index in [1.165, 1.54) is 0 Å². The SMILES string of the molecule is CCCN(CCC)c1nccc(C(=O)N(CC)C2CCS(=O)(=O)C2)n1. The Labute approximate surface area is 150 Å². The summed E-state index contributed by atoms with van der Waals surface area (Å²) in [5.74, 6) is 0.533. The lowest BCUT2D eigenvalue weighted by Crippen LogP contribution is -2.41. The number of sulfone groups is 1. The Kier molecular flexibility index (Phi) is 6.75. The molecule has 1 aliphatic heterocycles. The molecule has 0 aliphatic carbocycles. The van der Waals surface area contributed by atoms with Crippen molar-refractivity contribution in [2.45, 2.75) is 46.1 Å². The Morgan fingerprint density at radius 1 is 1.24 bits per heavy atom. The van der Waals surface area contributed by atoms with Crippen molar-refractivity contribution >= 4 is 21.7 Å². The number of rotatable bonds is 8. The Morgan fingerprint density at radius 2 is 1.92 bits per heavy atom. The average Bonchev–Trinajstić information content (AvgIpc) is 2.95. The van der Waals surface area contributed by atoms with E-state index < -0.39 is 9.84 Å². The molecule has 0 bridgehead atoms. The average molecular weight is 369 g/mol. The minimum Gasteiger partial charge on any atom is -0.341 e. The van der Waals surface area contributed by atoms with Crippen molar-refractivity contribution in [3.8, 4) is 0 Å². The molecule has 1 aromatic rings. The van der Waals surface area contributed by atoms with Gasteiger partial charge in [0.2, 0.25) is 5.95 Å². The Bertz CT molecular complexity index is 687. The summed E-state index contributed by atoms with van der Waals surface area (Å²) in [6.07, 6.45) is 4.05. The van der Waals surface area contributed by atoms with Gasteiger partial charge in [-0.2, -0.15) is 0 Å². The third-order valence-corrected chi connectivity index (χ3v) is 6.13. The first-order valence-corrected chi connectivity index (χ1v) is 10.8. The fourth-order valence-electron chi connectivity index (χ4n) is 3.21. The fourth-order valence-corrected chi connectivity index (χ4v) is 4.94. The maximum absolute atomic E-state index is 12.9. The normalized spacial score (nSPS) is 18.9. The Morgan fingerprint density at radius 3 is 2.44 bits per heavy atom. The summed E-state index contributed by atoms with van der Waals surface area (Å²) in [4.78, 5) is 25.4. The standard InChI is InChI=1S/C17H28N4O3S/c1-4-10-20(11-5-2)17-18-9-7-15(19-17)16(22)21(6-3)14-8-12-25(23,24)13-14/h7,9,14H,4-6,8,10-13H2,1-3H3. The van der Waals surface area contributed by atoms with Gasteiger partial charge in [-0.3, -0.25) is 4.79 Å². The van der Waals surface area contributed by atoms with Crippen molar-refractivity contribution in [2.75, 3.05) is 36.0 Å². The van der Waals surface area contributed by atoms with Crippen LogP contribution in [0.3, 0.4) is 0 Å².